The second-order valence-corrected chi connectivity index (χ2v) is 3.52. The van der Waals surface area contributed by atoms with Crippen LogP contribution in [0.4, 0.5) is 0 Å². The number of rotatable bonds is 12. The molecule has 110 valence electrons. The molecule has 0 unspecified atom stereocenters. The zero-order valence-corrected chi connectivity index (χ0v) is 12.0. The highest BCUT2D eigenvalue weighted by molar-refractivity contribution is 5.49. The van der Waals surface area contributed by atoms with Gasteiger partial charge in [-0.05, 0) is 6.42 Å². The highest BCUT2D eigenvalue weighted by atomic mass is 16.5. The Morgan fingerprint density at radius 3 is 1.83 bits per heavy atom. The third-order valence-electron chi connectivity index (χ3n) is 1.89. The molecule has 0 N–H and O–H groups in total. The molecule has 0 bridgehead atoms. The van der Waals surface area contributed by atoms with E-state index in [4.69, 9.17) is 18.9 Å². The van der Waals surface area contributed by atoms with Crippen molar-refractivity contribution in [2.75, 3.05) is 53.9 Å². The summed E-state index contributed by atoms with van der Waals surface area (Å²) in [5.74, 6) is 0. The molecule has 5 nitrogen and oxygen atoms in total. The summed E-state index contributed by atoms with van der Waals surface area (Å²) in [5.41, 5.74) is 0. The normalized spacial score (nSPS) is 9.72. The minimum absolute atomic E-state index is 0.476. The van der Waals surface area contributed by atoms with Gasteiger partial charge in [-0.1, -0.05) is 13.3 Å². The van der Waals surface area contributed by atoms with Crippen LogP contribution >= 0.6 is 0 Å². The van der Waals surface area contributed by atoms with Gasteiger partial charge in [0.1, 0.15) is 6.29 Å². The zero-order chi connectivity index (χ0) is 13.9. The van der Waals surface area contributed by atoms with Crippen molar-refractivity contribution in [2.24, 2.45) is 0 Å². The van der Waals surface area contributed by atoms with E-state index in [1.165, 1.54) is 6.42 Å². The molecule has 0 saturated carbocycles. The lowest BCUT2D eigenvalue weighted by molar-refractivity contribution is -0.108. The van der Waals surface area contributed by atoms with Crippen molar-refractivity contribution >= 4 is 6.29 Å². The standard InChI is InChI=1S/C7H16O2.C6H12O3/c1-3-4-5-9-7-6-8-2;1-8-5-6-9-4-2-3-7/h3-7H2,1-2H3;3H,2,4-6H2,1H3. The van der Waals surface area contributed by atoms with Gasteiger partial charge in [0.25, 0.3) is 0 Å². The summed E-state index contributed by atoms with van der Waals surface area (Å²) >= 11 is 0. The molecule has 0 fully saturated rings. The van der Waals surface area contributed by atoms with E-state index in [-0.39, 0.29) is 0 Å². The van der Waals surface area contributed by atoms with Crippen LogP contribution in [-0.4, -0.2) is 60.1 Å². The highest BCUT2D eigenvalue weighted by Crippen LogP contribution is 1.86. The van der Waals surface area contributed by atoms with E-state index in [0.717, 1.165) is 25.9 Å². The molecular formula is C13H28O5. The van der Waals surface area contributed by atoms with Crippen molar-refractivity contribution in [1.82, 2.24) is 0 Å². The fraction of sp³-hybridized carbons (Fsp3) is 0.923. The first-order chi connectivity index (χ1) is 8.83. The monoisotopic (exact) mass is 264 g/mol. The van der Waals surface area contributed by atoms with Gasteiger partial charge in [-0.25, -0.2) is 0 Å². The summed E-state index contributed by atoms with van der Waals surface area (Å²) in [6.07, 6.45) is 3.67. The summed E-state index contributed by atoms with van der Waals surface area (Å²) in [5, 5.41) is 0. The van der Waals surface area contributed by atoms with Crippen LogP contribution in [0.2, 0.25) is 0 Å². The smallest absolute Gasteiger partial charge is 0.122 e. The molecule has 0 amide bonds. The van der Waals surface area contributed by atoms with E-state index in [9.17, 15) is 4.79 Å². The predicted molar refractivity (Wildman–Crippen MR) is 71.0 cm³/mol. The topological polar surface area (TPSA) is 54.0 Å². The number of methoxy groups -OCH3 is 2. The molecule has 0 aliphatic rings. The second-order valence-electron chi connectivity index (χ2n) is 3.52. The second kappa shape index (κ2) is 21.8. The molecule has 0 aromatic heterocycles. The van der Waals surface area contributed by atoms with Crippen LogP contribution in [0.25, 0.3) is 0 Å². The van der Waals surface area contributed by atoms with Gasteiger partial charge in [0, 0.05) is 27.2 Å². The molecule has 5 heteroatoms. The van der Waals surface area contributed by atoms with Gasteiger partial charge < -0.3 is 23.7 Å². The number of aldehydes is 1. The predicted octanol–water partition coefficient (Wildman–Crippen LogP) is 1.69. The van der Waals surface area contributed by atoms with Crippen LogP contribution in [0, 0.1) is 0 Å². The maximum atomic E-state index is 9.73. The summed E-state index contributed by atoms with van der Waals surface area (Å²) in [4.78, 5) is 9.73. The van der Waals surface area contributed by atoms with Crippen molar-refractivity contribution in [3.63, 3.8) is 0 Å². The summed E-state index contributed by atoms with van der Waals surface area (Å²) < 4.78 is 19.7. The number of carbonyl (C=O) groups excluding carboxylic acids is 1. The fourth-order valence-electron chi connectivity index (χ4n) is 0.866. The number of unbranched alkanes of at least 4 members (excludes halogenated alkanes) is 1. The SMILES string of the molecule is CCCCOCCOC.COCCOCCC=O. The van der Waals surface area contributed by atoms with E-state index in [1.807, 2.05) is 0 Å². The Labute approximate surface area is 111 Å². The summed E-state index contributed by atoms with van der Waals surface area (Å²) in [6, 6.07) is 0. The van der Waals surface area contributed by atoms with Gasteiger partial charge in [0.05, 0.1) is 33.0 Å². The Balaban J connectivity index is 0. The van der Waals surface area contributed by atoms with Crippen LogP contribution in [0.1, 0.15) is 26.2 Å². The van der Waals surface area contributed by atoms with Gasteiger partial charge in [-0.15, -0.1) is 0 Å². The molecule has 18 heavy (non-hydrogen) atoms. The van der Waals surface area contributed by atoms with Crippen LogP contribution in [0.15, 0.2) is 0 Å². The lowest BCUT2D eigenvalue weighted by Gasteiger charge is -2.00. The van der Waals surface area contributed by atoms with E-state index < -0.39 is 0 Å². The number of ether oxygens (including phenoxy) is 4. The molecule has 0 aliphatic heterocycles. The average Bonchev–Trinajstić information content (AvgIpc) is 2.39. The largest absolute Gasteiger partial charge is 0.382 e. The van der Waals surface area contributed by atoms with Gasteiger partial charge >= 0.3 is 0 Å². The maximum Gasteiger partial charge on any atom is 0.122 e. The minimum atomic E-state index is 0.476. The molecular weight excluding hydrogens is 236 g/mol. The molecule has 0 heterocycles. The van der Waals surface area contributed by atoms with Crippen molar-refractivity contribution in [3.8, 4) is 0 Å². The molecule has 0 atom stereocenters. The average molecular weight is 264 g/mol. The van der Waals surface area contributed by atoms with Crippen molar-refractivity contribution in [2.45, 2.75) is 26.2 Å². The van der Waals surface area contributed by atoms with Gasteiger partial charge in [-0.2, -0.15) is 0 Å². The highest BCUT2D eigenvalue weighted by Gasteiger charge is 1.85. The summed E-state index contributed by atoms with van der Waals surface area (Å²) in [6.45, 7) is 6.15. The fourth-order valence-corrected chi connectivity index (χ4v) is 0.866. The Hall–Kier alpha value is -0.490. The van der Waals surface area contributed by atoms with E-state index >= 15 is 0 Å². The van der Waals surface area contributed by atoms with Crippen LogP contribution < -0.4 is 0 Å². The third-order valence-corrected chi connectivity index (χ3v) is 1.89. The molecule has 0 aromatic carbocycles. The van der Waals surface area contributed by atoms with E-state index in [0.29, 0.717) is 32.8 Å². The zero-order valence-electron chi connectivity index (χ0n) is 12.0. The van der Waals surface area contributed by atoms with E-state index in [1.54, 1.807) is 14.2 Å². The Morgan fingerprint density at radius 1 is 0.833 bits per heavy atom. The van der Waals surface area contributed by atoms with Gasteiger partial charge in [0.15, 0.2) is 0 Å². The Bertz CT molecular complexity index is 135. The number of carbonyl (C=O) groups is 1. The Kier molecular flexibility index (Phi) is 24.0. The molecule has 0 saturated heterocycles. The molecule has 0 radical (unpaired) electrons. The quantitative estimate of drug-likeness (QED) is 0.396. The number of hydrogen-bond donors (Lipinski definition) is 0. The first-order valence-corrected chi connectivity index (χ1v) is 6.40. The molecule has 0 spiro atoms. The lowest BCUT2D eigenvalue weighted by Crippen LogP contribution is -2.02. The van der Waals surface area contributed by atoms with Crippen molar-refractivity contribution < 1.29 is 23.7 Å². The van der Waals surface area contributed by atoms with Crippen molar-refractivity contribution in [3.05, 3.63) is 0 Å². The first-order valence-electron chi connectivity index (χ1n) is 6.40. The van der Waals surface area contributed by atoms with Crippen LogP contribution in [-0.2, 0) is 23.7 Å². The first kappa shape index (κ1) is 19.8. The van der Waals surface area contributed by atoms with Crippen LogP contribution in [0.5, 0.6) is 0 Å². The Morgan fingerprint density at radius 2 is 1.39 bits per heavy atom. The molecule has 0 aliphatic carbocycles. The third kappa shape index (κ3) is 24.6. The molecule has 0 aromatic rings. The maximum absolute atomic E-state index is 9.73. The van der Waals surface area contributed by atoms with E-state index in [2.05, 4.69) is 6.92 Å². The van der Waals surface area contributed by atoms with Gasteiger partial charge in [-0.3, -0.25) is 0 Å². The minimum Gasteiger partial charge on any atom is -0.382 e. The van der Waals surface area contributed by atoms with Crippen molar-refractivity contribution in [1.29, 1.82) is 0 Å². The summed E-state index contributed by atoms with van der Waals surface area (Å²) in [7, 11) is 3.30. The van der Waals surface area contributed by atoms with Crippen LogP contribution in [0.3, 0.4) is 0 Å². The van der Waals surface area contributed by atoms with Gasteiger partial charge in [0.2, 0.25) is 0 Å². The molecule has 0 rings (SSSR count). The number of hydrogen-bond acceptors (Lipinski definition) is 5. The lowest BCUT2D eigenvalue weighted by atomic mass is 10.4.